The molecule has 0 fully saturated rings. The molecule has 0 aromatic heterocycles. The number of benzene rings is 1. The van der Waals surface area contributed by atoms with Gasteiger partial charge in [0.2, 0.25) is 0 Å². The maximum atomic E-state index is 12.9. The highest BCUT2D eigenvalue weighted by Crippen LogP contribution is 2.20. The summed E-state index contributed by atoms with van der Waals surface area (Å²) in [6.45, 7) is 3.88. The summed E-state index contributed by atoms with van der Waals surface area (Å²) >= 11 is 5.92. The Morgan fingerprint density at radius 2 is 2.05 bits per heavy atom. The Hall–Kier alpha value is -0.930. The lowest BCUT2D eigenvalue weighted by Crippen LogP contribution is -2.17. The fourth-order valence-corrected chi connectivity index (χ4v) is 2.17. The fraction of sp³-hybridized carbons (Fsp3) is 0.533. The van der Waals surface area contributed by atoms with Crippen LogP contribution in [0.3, 0.4) is 0 Å². The Kier molecular flexibility index (Phi) is 6.46. The Morgan fingerprint density at radius 1 is 1.37 bits per heavy atom. The van der Waals surface area contributed by atoms with Crippen LogP contribution in [0.1, 0.15) is 38.7 Å². The molecule has 0 aliphatic carbocycles. The first-order valence-electron chi connectivity index (χ1n) is 6.62. The highest BCUT2D eigenvalue weighted by Gasteiger charge is 2.15. The SMILES string of the molecule is CC(N)CCCC(C)C(=O)Cc1ccc(F)cc1Cl. The molecule has 0 saturated heterocycles. The zero-order chi connectivity index (χ0) is 14.4. The van der Waals surface area contributed by atoms with Gasteiger partial charge in [-0.05, 0) is 37.5 Å². The first kappa shape index (κ1) is 16.1. The molecule has 0 aliphatic heterocycles. The fourth-order valence-electron chi connectivity index (χ4n) is 1.93. The van der Waals surface area contributed by atoms with Gasteiger partial charge in [0.15, 0.2) is 0 Å². The summed E-state index contributed by atoms with van der Waals surface area (Å²) in [5.74, 6) is -0.260. The smallest absolute Gasteiger partial charge is 0.140 e. The number of halogens is 2. The van der Waals surface area contributed by atoms with Crippen LogP contribution in [-0.4, -0.2) is 11.8 Å². The first-order chi connectivity index (χ1) is 8.90. The molecule has 1 aromatic rings. The molecule has 1 rings (SSSR count). The minimum absolute atomic E-state index is 0.0140. The lowest BCUT2D eigenvalue weighted by atomic mass is 9.94. The normalized spacial score (nSPS) is 14.2. The van der Waals surface area contributed by atoms with Crippen molar-refractivity contribution in [2.75, 3.05) is 0 Å². The van der Waals surface area contributed by atoms with Gasteiger partial charge in [0.25, 0.3) is 0 Å². The minimum Gasteiger partial charge on any atom is -0.328 e. The molecule has 0 radical (unpaired) electrons. The van der Waals surface area contributed by atoms with Gasteiger partial charge in [0.1, 0.15) is 11.6 Å². The largest absolute Gasteiger partial charge is 0.328 e. The van der Waals surface area contributed by atoms with E-state index < -0.39 is 0 Å². The average Bonchev–Trinajstić information content (AvgIpc) is 2.32. The Labute approximate surface area is 119 Å². The van der Waals surface area contributed by atoms with E-state index in [9.17, 15) is 9.18 Å². The zero-order valence-electron chi connectivity index (χ0n) is 11.5. The number of ketones is 1. The third-order valence-corrected chi connectivity index (χ3v) is 3.58. The molecule has 0 aliphatic rings. The van der Waals surface area contributed by atoms with E-state index in [-0.39, 0.29) is 30.0 Å². The first-order valence-corrected chi connectivity index (χ1v) is 7.00. The average molecular weight is 286 g/mol. The Balaban J connectivity index is 2.49. The molecule has 0 saturated carbocycles. The number of rotatable bonds is 7. The van der Waals surface area contributed by atoms with E-state index in [0.29, 0.717) is 10.6 Å². The molecule has 19 heavy (non-hydrogen) atoms. The van der Waals surface area contributed by atoms with E-state index in [4.69, 9.17) is 17.3 Å². The predicted octanol–water partition coefficient (Wildman–Crippen LogP) is 3.74. The van der Waals surface area contributed by atoms with Crippen LogP contribution in [-0.2, 0) is 11.2 Å². The molecule has 2 nitrogen and oxygen atoms in total. The van der Waals surface area contributed by atoms with Crippen molar-refractivity contribution in [3.05, 3.63) is 34.6 Å². The van der Waals surface area contributed by atoms with E-state index in [0.717, 1.165) is 19.3 Å². The highest BCUT2D eigenvalue weighted by atomic mass is 35.5. The summed E-state index contributed by atoms with van der Waals surface area (Å²) in [5, 5.41) is 0.316. The van der Waals surface area contributed by atoms with Crippen molar-refractivity contribution in [2.24, 2.45) is 11.7 Å². The molecule has 106 valence electrons. The standard InChI is InChI=1S/C15H21ClFNO/c1-10(4-3-5-11(2)18)15(19)8-12-6-7-13(17)9-14(12)16/h6-7,9-11H,3-5,8,18H2,1-2H3. The zero-order valence-corrected chi connectivity index (χ0v) is 12.2. The van der Waals surface area contributed by atoms with E-state index in [2.05, 4.69) is 0 Å². The maximum absolute atomic E-state index is 12.9. The second-order valence-electron chi connectivity index (χ2n) is 5.19. The number of nitrogens with two attached hydrogens (primary N) is 1. The van der Waals surface area contributed by atoms with Crippen molar-refractivity contribution in [3.63, 3.8) is 0 Å². The molecule has 1 aromatic carbocycles. The van der Waals surface area contributed by atoms with Crippen molar-refractivity contribution < 1.29 is 9.18 Å². The summed E-state index contributed by atoms with van der Waals surface area (Å²) in [6.07, 6.45) is 2.97. The van der Waals surface area contributed by atoms with Gasteiger partial charge in [0, 0.05) is 23.4 Å². The molecular weight excluding hydrogens is 265 g/mol. The Morgan fingerprint density at radius 3 is 2.63 bits per heavy atom. The third-order valence-electron chi connectivity index (χ3n) is 3.23. The molecule has 0 amide bonds. The molecule has 4 heteroatoms. The number of carbonyl (C=O) groups excluding carboxylic acids is 1. The van der Waals surface area contributed by atoms with Gasteiger partial charge in [-0.1, -0.05) is 31.0 Å². The highest BCUT2D eigenvalue weighted by molar-refractivity contribution is 6.31. The van der Waals surface area contributed by atoms with Crippen molar-refractivity contribution in [1.29, 1.82) is 0 Å². The summed E-state index contributed by atoms with van der Waals surface area (Å²) < 4.78 is 12.9. The number of Topliss-reactive ketones (excluding diaryl/α,β-unsaturated/α-hetero) is 1. The molecule has 0 spiro atoms. The molecule has 0 bridgehead atoms. The number of hydrogen-bond acceptors (Lipinski definition) is 2. The van der Waals surface area contributed by atoms with Crippen LogP contribution < -0.4 is 5.73 Å². The minimum atomic E-state index is -0.383. The molecule has 0 heterocycles. The molecule has 2 N–H and O–H groups in total. The van der Waals surface area contributed by atoms with Gasteiger partial charge in [0.05, 0.1) is 0 Å². The van der Waals surface area contributed by atoms with Gasteiger partial charge >= 0.3 is 0 Å². The van der Waals surface area contributed by atoms with E-state index >= 15 is 0 Å². The van der Waals surface area contributed by atoms with Crippen LogP contribution in [0.2, 0.25) is 5.02 Å². The van der Waals surface area contributed by atoms with Crippen LogP contribution in [0.25, 0.3) is 0 Å². The van der Waals surface area contributed by atoms with E-state index in [1.165, 1.54) is 12.1 Å². The monoisotopic (exact) mass is 285 g/mol. The summed E-state index contributed by atoms with van der Waals surface area (Å²) in [5.41, 5.74) is 6.36. The van der Waals surface area contributed by atoms with Crippen molar-refractivity contribution >= 4 is 17.4 Å². The van der Waals surface area contributed by atoms with E-state index in [1.54, 1.807) is 6.07 Å². The van der Waals surface area contributed by atoms with Gasteiger partial charge in [-0.2, -0.15) is 0 Å². The summed E-state index contributed by atoms with van der Waals surface area (Å²) in [4.78, 5) is 12.0. The predicted molar refractivity (Wildman–Crippen MR) is 76.8 cm³/mol. The van der Waals surface area contributed by atoms with Crippen LogP contribution in [0.4, 0.5) is 4.39 Å². The van der Waals surface area contributed by atoms with E-state index in [1.807, 2.05) is 13.8 Å². The van der Waals surface area contributed by atoms with Gasteiger partial charge < -0.3 is 5.73 Å². The summed E-state index contributed by atoms with van der Waals surface area (Å²) in [7, 11) is 0. The topological polar surface area (TPSA) is 43.1 Å². The van der Waals surface area contributed by atoms with Gasteiger partial charge in [-0.25, -0.2) is 4.39 Å². The maximum Gasteiger partial charge on any atom is 0.140 e. The molecule has 2 atom stereocenters. The molecular formula is C15H21ClFNO. The quantitative estimate of drug-likeness (QED) is 0.829. The van der Waals surface area contributed by atoms with Gasteiger partial charge in [-0.15, -0.1) is 0 Å². The second kappa shape index (κ2) is 7.61. The molecule has 2 unspecified atom stereocenters. The van der Waals surface area contributed by atoms with Crippen LogP contribution in [0, 0.1) is 11.7 Å². The van der Waals surface area contributed by atoms with Crippen LogP contribution in [0.5, 0.6) is 0 Å². The summed E-state index contributed by atoms with van der Waals surface area (Å²) in [6, 6.07) is 4.32. The number of carbonyl (C=O) groups is 1. The van der Waals surface area contributed by atoms with Gasteiger partial charge in [-0.3, -0.25) is 4.79 Å². The lowest BCUT2D eigenvalue weighted by molar-refractivity contribution is -0.121. The third kappa shape index (κ3) is 5.70. The second-order valence-corrected chi connectivity index (χ2v) is 5.60. The van der Waals surface area contributed by atoms with Crippen LogP contribution in [0.15, 0.2) is 18.2 Å². The van der Waals surface area contributed by atoms with Crippen molar-refractivity contribution in [3.8, 4) is 0 Å². The lowest BCUT2D eigenvalue weighted by Gasteiger charge is -2.12. The van der Waals surface area contributed by atoms with Crippen LogP contribution >= 0.6 is 11.6 Å². The Bertz CT molecular complexity index is 434. The van der Waals surface area contributed by atoms with Crippen molar-refractivity contribution in [1.82, 2.24) is 0 Å². The number of hydrogen-bond donors (Lipinski definition) is 1. The van der Waals surface area contributed by atoms with Crippen molar-refractivity contribution in [2.45, 2.75) is 45.6 Å².